The third-order valence-electron chi connectivity index (χ3n) is 5.40. The Labute approximate surface area is 185 Å². The van der Waals surface area contributed by atoms with Gasteiger partial charge in [0.05, 0.1) is 19.0 Å². The van der Waals surface area contributed by atoms with Gasteiger partial charge in [-0.25, -0.2) is 14.5 Å². The molecular formula is C22H26N6O4. The van der Waals surface area contributed by atoms with Crippen molar-refractivity contribution >= 4 is 12.0 Å². The molecule has 0 saturated carbocycles. The lowest BCUT2D eigenvalue weighted by Gasteiger charge is -2.30. The zero-order valence-corrected chi connectivity index (χ0v) is 18.4. The van der Waals surface area contributed by atoms with Crippen molar-refractivity contribution in [3.05, 3.63) is 48.0 Å². The Balaban J connectivity index is 1.34. The molecule has 1 fully saturated rings. The molecule has 2 amide bonds. The number of carbonyl (C=O) groups is 2. The van der Waals surface area contributed by atoms with Gasteiger partial charge in [0.1, 0.15) is 17.1 Å². The van der Waals surface area contributed by atoms with E-state index >= 15 is 0 Å². The number of likely N-dealkylation sites (tertiary alicyclic amines) is 1. The summed E-state index contributed by atoms with van der Waals surface area (Å²) in [6.07, 6.45) is 4.22. The number of nitrogens with one attached hydrogen (secondary N) is 1. The van der Waals surface area contributed by atoms with Crippen LogP contribution in [0.5, 0.6) is 11.6 Å². The van der Waals surface area contributed by atoms with E-state index in [-0.39, 0.29) is 17.4 Å². The first-order chi connectivity index (χ1) is 15.5. The lowest BCUT2D eigenvalue weighted by atomic mass is 10.1. The molecule has 0 radical (unpaired) electrons. The molecule has 0 bridgehead atoms. The van der Waals surface area contributed by atoms with Crippen LogP contribution in [0.3, 0.4) is 0 Å². The maximum Gasteiger partial charge on any atom is 0.413 e. The molecule has 0 atom stereocenters. The van der Waals surface area contributed by atoms with Crippen molar-refractivity contribution in [3.8, 4) is 22.9 Å². The Morgan fingerprint density at radius 3 is 2.75 bits per heavy atom. The topological polar surface area (TPSA) is 104 Å². The molecule has 0 unspecified atom stereocenters. The molecule has 0 aliphatic carbocycles. The molecular weight excluding hydrogens is 412 g/mol. The predicted molar refractivity (Wildman–Crippen MR) is 117 cm³/mol. The summed E-state index contributed by atoms with van der Waals surface area (Å²) in [5, 5.41) is 6.77. The normalized spacial score (nSPS) is 12.9. The highest BCUT2D eigenvalue weighted by Crippen LogP contribution is 2.23. The number of ether oxygens (including phenoxy) is 2. The van der Waals surface area contributed by atoms with Crippen LogP contribution in [-0.4, -0.2) is 63.0 Å². The number of carbonyl (C=O) groups excluding carboxylic acids is 2. The molecule has 1 aliphatic heterocycles. The number of aromatic nitrogens is 4. The summed E-state index contributed by atoms with van der Waals surface area (Å²) in [6.45, 7) is 1.75. The van der Waals surface area contributed by atoms with Crippen LogP contribution in [-0.2, 0) is 20.5 Å². The SMILES string of the molecule is COc1cccc(-c2cn(C)c(CCNC(=O)Oc3c(C(=O)N4CCC4)cnn3C)n2)c1. The molecule has 4 rings (SSSR count). The fourth-order valence-electron chi connectivity index (χ4n) is 3.44. The third kappa shape index (κ3) is 4.43. The molecule has 0 spiro atoms. The van der Waals surface area contributed by atoms with Gasteiger partial charge in [-0.2, -0.15) is 5.10 Å². The molecule has 1 N–H and O–H groups in total. The number of nitrogens with zero attached hydrogens (tertiary/aromatic N) is 5. The standard InChI is InChI=1S/C22H26N6O4/c1-26-14-18(15-6-4-7-16(12-15)31-3)25-19(26)8-9-23-22(30)32-21-17(13-24-27(21)2)20(29)28-10-5-11-28/h4,6-7,12-14H,5,8-11H2,1-3H3,(H,23,30). The van der Waals surface area contributed by atoms with Crippen LogP contribution in [0.2, 0.25) is 0 Å². The van der Waals surface area contributed by atoms with Crippen LogP contribution in [0.25, 0.3) is 11.3 Å². The van der Waals surface area contributed by atoms with E-state index in [9.17, 15) is 9.59 Å². The molecule has 1 aromatic carbocycles. The van der Waals surface area contributed by atoms with Gasteiger partial charge in [0.25, 0.3) is 5.91 Å². The second kappa shape index (κ2) is 9.13. The Bertz CT molecular complexity index is 1130. The average molecular weight is 438 g/mol. The van der Waals surface area contributed by atoms with Crippen molar-refractivity contribution in [1.82, 2.24) is 29.5 Å². The summed E-state index contributed by atoms with van der Waals surface area (Å²) in [7, 11) is 5.17. The van der Waals surface area contributed by atoms with E-state index in [4.69, 9.17) is 9.47 Å². The zero-order valence-electron chi connectivity index (χ0n) is 18.4. The van der Waals surface area contributed by atoms with Crippen molar-refractivity contribution in [2.45, 2.75) is 12.8 Å². The first-order valence-electron chi connectivity index (χ1n) is 10.4. The summed E-state index contributed by atoms with van der Waals surface area (Å²) in [4.78, 5) is 31.2. The smallest absolute Gasteiger partial charge is 0.413 e. The van der Waals surface area contributed by atoms with Gasteiger partial charge in [0.15, 0.2) is 0 Å². The number of amides is 2. The average Bonchev–Trinajstić information content (AvgIpc) is 3.29. The summed E-state index contributed by atoms with van der Waals surface area (Å²) in [6, 6.07) is 7.69. The number of benzene rings is 1. The van der Waals surface area contributed by atoms with Crippen LogP contribution < -0.4 is 14.8 Å². The van der Waals surface area contributed by atoms with Crippen molar-refractivity contribution < 1.29 is 19.1 Å². The number of methoxy groups -OCH3 is 1. The summed E-state index contributed by atoms with van der Waals surface area (Å²) in [5.41, 5.74) is 2.07. The molecule has 10 nitrogen and oxygen atoms in total. The minimum Gasteiger partial charge on any atom is -0.497 e. The first-order valence-corrected chi connectivity index (χ1v) is 10.4. The number of imidazole rings is 1. The van der Waals surface area contributed by atoms with Gasteiger partial charge in [0.2, 0.25) is 5.88 Å². The summed E-state index contributed by atoms with van der Waals surface area (Å²) >= 11 is 0. The first kappa shape index (κ1) is 21.4. The van der Waals surface area contributed by atoms with Gasteiger partial charge in [-0.05, 0) is 18.6 Å². The van der Waals surface area contributed by atoms with E-state index in [2.05, 4.69) is 15.4 Å². The predicted octanol–water partition coefficient (Wildman–Crippen LogP) is 2.01. The van der Waals surface area contributed by atoms with Crippen LogP contribution >= 0.6 is 0 Å². The number of hydrogen-bond donors (Lipinski definition) is 1. The highest BCUT2D eigenvalue weighted by molar-refractivity contribution is 5.97. The second-order valence-corrected chi connectivity index (χ2v) is 7.58. The Kier molecular flexibility index (Phi) is 6.11. The Morgan fingerprint density at radius 1 is 1.22 bits per heavy atom. The van der Waals surface area contributed by atoms with Gasteiger partial charge in [-0.3, -0.25) is 4.79 Å². The quantitative estimate of drug-likeness (QED) is 0.605. The van der Waals surface area contributed by atoms with Gasteiger partial charge in [-0.15, -0.1) is 0 Å². The molecule has 2 aromatic heterocycles. The summed E-state index contributed by atoms with van der Waals surface area (Å²) < 4.78 is 14.0. The highest BCUT2D eigenvalue weighted by atomic mass is 16.6. The van der Waals surface area contributed by atoms with Gasteiger partial charge in [0, 0.05) is 51.9 Å². The minimum absolute atomic E-state index is 0.136. The highest BCUT2D eigenvalue weighted by Gasteiger charge is 2.27. The fourth-order valence-corrected chi connectivity index (χ4v) is 3.44. The lowest BCUT2D eigenvalue weighted by Crippen LogP contribution is -2.42. The molecule has 1 saturated heterocycles. The number of rotatable bonds is 7. The second-order valence-electron chi connectivity index (χ2n) is 7.58. The van der Waals surface area contributed by atoms with E-state index < -0.39 is 6.09 Å². The fraction of sp³-hybridized carbons (Fsp3) is 0.364. The van der Waals surface area contributed by atoms with E-state index in [0.29, 0.717) is 26.1 Å². The van der Waals surface area contributed by atoms with E-state index in [1.807, 2.05) is 42.1 Å². The molecule has 32 heavy (non-hydrogen) atoms. The number of hydrogen-bond acceptors (Lipinski definition) is 6. The molecule has 10 heteroatoms. The van der Waals surface area contributed by atoms with Gasteiger partial charge >= 0.3 is 6.09 Å². The third-order valence-corrected chi connectivity index (χ3v) is 5.40. The Hall–Kier alpha value is -3.82. The van der Waals surface area contributed by atoms with Crippen LogP contribution in [0.4, 0.5) is 4.79 Å². The van der Waals surface area contributed by atoms with Crippen LogP contribution in [0.15, 0.2) is 36.7 Å². The van der Waals surface area contributed by atoms with Crippen LogP contribution in [0.1, 0.15) is 22.6 Å². The molecule has 1 aliphatic rings. The van der Waals surface area contributed by atoms with Gasteiger partial charge < -0.3 is 24.3 Å². The van der Waals surface area contributed by atoms with Crippen molar-refractivity contribution in [2.75, 3.05) is 26.7 Å². The largest absolute Gasteiger partial charge is 0.497 e. The lowest BCUT2D eigenvalue weighted by molar-refractivity contribution is 0.0648. The van der Waals surface area contributed by atoms with E-state index in [0.717, 1.165) is 29.3 Å². The Morgan fingerprint density at radius 2 is 2.03 bits per heavy atom. The van der Waals surface area contributed by atoms with Crippen molar-refractivity contribution in [2.24, 2.45) is 14.1 Å². The maximum atomic E-state index is 12.5. The monoisotopic (exact) mass is 438 g/mol. The number of aryl methyl sites for hydroxylation is 2. The van der Waals surface area contributed by atoms with Crippen molar-refractivity contribution in [1.29, 1.82) is 0 Å². The zero-order chi connectivity index (χ0) is 22.7. The molecule has 3 heterocycles. The van der Waals surface area contributed by atoms with Crippen LogP contribution in [0, 0.1) is 0 Å². The molecule has 3 aromatic rings. The van der Waals surface area contributed by atoms with E-state index in [1.165, 1.54) is 10.9 Å². The van der Waals surface area contributed by atoms with Crippen molar-refractivity contribution in [3.63, 3.8) is 0 Å². The van der Waals surface area contributed by atoms with Gasteiger partial charge in [-0.1, -0.05) is 12.1 Å². The van der Waals surface area contributed by atoms with E-state index in [1.54, 1.807) is 19.1 Å². The summed E-state index contributed by atoms with van der Waals surface area (Å²) in [5.74, 6) is 1.54. The molecule has 168 valence electrons. The minimum atomic E-state index is -0.645. The maximum absolute atomic E-state index is 12.5.